The number of thiophene rings is 1. The molecule has 0 aliphatic carbocycles. The molecule has 2 aromatic rings. The summed E-state index contributed by atoms with van der Waals surface area (Å²) in [6.45, 7) is 1.49. The number of primary amides is 1. The average Bonchev–Trinajstić information content (AvgIpc) is 3.26. The van der Waals surface area contributed by atoms with E-state index in [-0.39, 0.29) is 17.5 Å². The number of aromatic amines is 1. The maximum absolute atomic E-state index is 12.4. The molecule has 24 heavy (non-hydrogen) atoms. The Balaban J connectivity index is 1.52. The molecule has 0 spiro atoms. The van der Waals surface area contributed by atoms with Gasteiger partial charge >= 0.3 is 0 Å². The van der Waals surface area contributed by atoms with Crippen LogP contribution in [0.1, 0.15) is 52.7 Å². The lowest BCUT2D eigenvalue weighted by Crippen LogP contribution is -2.39. The Morgan fingerprint density at radius 3 is 3.04 bits per heavy atom. The van der Waals surface area contributed by atoms with Crippen LogP contribution in [0.2, 0.25) is 0 Å². The van der Waals surface area contributed by atoms with Gasteiger partial charge in [0.25, 0.3) is 5.91 Å². The van der Waals surface area contributed by atoms with E-state index in [9.17, 15) is 9.59 Å². The summed E-state index contributed by atoms with van der Waals surface area (Å²) in [5.74, 6) is -0.124. The van der Waals surface area contributed by atoms with Gasteiger partial charge in [-0.1, -0.05) is 6.07 Å². The zero-order chi connectivity index (χ0) is 16.9. The van der Waals surface area contributed by atoms with E-state index in [1.54, 1.807) is 17.4 Å². The SMILES string of the molecule is NC(=O)c1cc([C@@H]2CCCN(C(=O)CCCc3cccs3)C2)[nH]n1. The van der Waals surface area contributed by atoms with Crippen molar-refractivity contribution in [3.8, 4) is 0 Å². The number of likely N-dealkylation sites (tertiary alicyclic amines) is 1. The monoisotopic (exact) mass is 346 g/mol. The highest BCUT2D eigenvalue weighted by Crippen LogP contribution is 2.26. The van der Waals surface area contributed by atoms with E-state index in [0.717, 1.165) is 37.9 Å². The van der Waals surface area contributed by atoms with Crippen LogP contribution in [0.5, 0.6) is 0 Å². The van der Waals surface area contributed by atoms with Crippen molar-refractivity contribution in [3.63, 3.8) is 0 Å². The van der Waals surface area contributed by atoms with Crippen LogP contribution in [0.4, 0.5) is 0 Å². The van der Waals surface area contributed by atoms with Gasteiger partial charge in [-0.25, -0.2) is 0 Å². The summed E-state index contributed by atoms with van der Waals surface area (Å²) in [5.41, 5.74) is 6.38. The topological polar surface area (TPSA) is 92.1 Å². The van der Waals surface area contributed by atoms with Gasteiger partial charge in [0.2, 0.25) is 5.91 Å². The molecule has 128 valence electrons. The molecule has 3 rings (SSSR count). The predicted molar refractivity (Wildman–Crippen MR) is 92.9 cm³/mol. The first-order valence-electron chi connectivity index (χ1n) is 8.28. The summed E-state index contributed by atoms with van der Waals surface area (Å²) in [6, 6.07) is 5.86. The number of aryl methyl sites for hydroxylation is 1. The fourth-order valence-electron chi connectivity index (χ4n) is 3.16. The molecule has 1 fully saturated rings. The van der Waals surface area contributed by atoms with Gasteiger partial charge in [0.1, 0.15) is 5.69 Å². The lowest BCUT2D eigenvalue weighted by molar-refractivity contribution is -0.132. The van der Waals surface area contributed by atoms with Crippen LogP contribution in [0, 0.1) is 0 Å². The molecule has 1 saturated heterocycles. The molecule has 1 atom stereocenters. The first-order chi connectivity index (χ1) is 11.6. The molecule has 1 aliphatic heterocycles. The fourth-order valence-corrected chi connectivity index (χ4v) is 3.91. The van der Waals surface area contributed by atoms with Crippen LogP contribution >= 0.6 is 11.3 Å². The Hall–Kier alpha value is -2.15. The highest BCUT2D eigenvalue weighted by molar-refractivity contribution is 7.09. The molecule has 7 heteroatoms. The van der Waals surface area contributed by atoms with Crippen molar-refractivity contribution >= 4 is 23.2 Å². The van der Waals surface area contributed by atoms with Gasteiger partial charge < -0.3 is 10.6 Å². The Morgan fingerprint density at radius 2 is 2.33 bits per heavy atom. The van der Waals surface area contributed by atoms with Crippen molar-refractivity contribution in [2.45, 2.75) is 38.0 Å². The zero-order valence-corrected chi connectivity index (χ0v) is 14.3. The molecule has 0 unspecified atom stereocenters. The van der Waals surface area contributed by atoms with Gasteiger partial charge in [0, 0.05) is 36.0 Å². The minimum absolute atomic E-state index is 0.195. The quantitative estimate of drug-likeness (QED) is 0.840. The van der Waals surface area contributed by atoms with Gasteiger partial charge in [0.15, 0.2) is 0 Å². The first-order valence-corrected chi connectivity index (χ1v) is 9.16. The number of H-pyrrole nitrogens is 1. The maximum Gasteiger partial charge on any atom is 0.269 e. The highest BCUT2D eigenvalue weighted by atomic mass is 32.1. The Kier molecular flexibility index (Phi) is 5.30. The molecule has 0 radical (unpaired) electrons. The van der Waals surface area contributed by atoms with E-state index >= 15 is 0 Å². The van der Waals surface area contributed by atoms with Crippen molar-refractivity contribution in [3.05, 3.63) is 39.8 Å². The minimum atomic E-state index is -0.533. The molecule has 2 aromatic heterocycles. The molecule has 0 saturated carbocycles. The second-order valence-electron chi connectivity index (χ2n) is 6.18. The first kappa shape index (κ1) is 16.7. The van der Waals surface area contributed by atoms with Gasteiger partial charge in [-0.3, -0.25) is 14.7 Å². The second kappa shape index (κ2) is 7.61. The number of carbonyl (C=O) groups is 2. The maximum atomic E-state index is 12.4. The third-order valence-corrected chi connectivity index (χ3v) is 5.39. The molecule has 1 aliphatic rings. The summed E-state index contributed by atoms with van der Waals surface area (Å²) in [4.78, 5) is 26.9. The largest absolute Gasteiger partial charge is 0.364 e. The molecule has 2 amide bonds. The summed E-state index contributed by atoms with van der Waals surface area (Å²) >= 11 is 1.74. The molecular weight excluding hydrogens is 324 g/mol. The number of hydrogen-bond acceptors (Lipinski definition) is 4. The van der Waals surface area contributed by atoms with Crippen molar-refractivity contribution in [1.29, 1.82) is 0 Å². The normalized spacial score (nSPS) is 17.8. The molecule has 3 heterocycles. The van der Waals surface area contributed by atoms with E-state index in [4.69, 9.17) is 5.73 Å². The van der Waals surface area contributed by atoms with Crippen LogP contribution in [0.15, 0.2) is 23.6 Å². The van der Waals surface area contributed by atoms with Gasteiger partial charge in [-0.2, -0.15) is 5.10 Å². The van der Waals surface area contributed by atoms with Crippen LogP contribution in [0.3, 0.4) is 0 Å². The van der Waals surface area contributed by atoms with Gasteiger partial charge in [-0.05, 0) is 43.2 Å². The molecule has 3 N–H and O–H groups in total. The van der Waals surface area contributed by atoms with Gasteiger partial charge in [-0.15, -0.1) is 11.3 Å². The summed E-state index contributed by atoms with van der Waals surface area (Å²) in [5, 5.41) is 8.89. The smallest absolute Gasteiger partial charge is 0.269 e. The number of piperidine rings is 1. The number of rotatable bonds is 6. The molecule has 0 bridgehead atoms. The van der Waals surface area contributed by atoms with Crippen LogP contribution in [0.25, 0.3) is 0 Å². The summed E-state index contributed by atoms with van der Waals surface area (Å²) in [6.07, 6.45) is 4.38. The second-order valence-corrected chi connectivity index (χ2v) is 7.22. The van der Waals surface area contributed by atoms with E-state index in [1.807, 2.05) is 11.0 Å². The Bertz CT molecular complexity index is 695. The van der Waals surface area contributed by atoms with E-state index in [2.05, 4.69) is 21.6 Å². The fraction of sp³-hybridized carbons (Fsp3) is 0.471. The Morgan fingerprint density at radius 1 is 1.46 bits per heavy atom. The van der Waals surface area contributed by atoms with E-state index in [1.165, 1.54) is 4.88 Å². The average molecular weight is 346 g/mol. The third kappa shape index (κ3) is 4.03. The van der Waals surface area contributed by atoms with E-state index < -0.39 is 5.91 Å². The van der Waals surface area contributed by atoms with Crippen molar-refractivity contribution in [1.82, 2.24) is 15.1 Å². The van der Waals surface area contributed by atoms with Crippen molar-refractivity contribution < 1.29 is 9.59 Å². The number of carbonyl (C=O) groups excluding carboxylic acids is 2. The summed E-state index contributed by atoms with van der Waals surface area (Å²) in [7, 11) is 0. The number of amides is 2. The van der Waals surface area contributed by atoms with Crippen LogP contribution in [-0.4, -0.2) is 40.0 Å². The lowest BCUT2D eigenvalue weighted by atomic mass is 9.94. The van der Waals surface area contributed by atoms with E-state index in [0.29, 0.717) is 13.0 Å². The number of nitrogens with two attached hydrogens (primary N) is 1. The third-order valence-electron chi connectivity index (χ3n) is 4.46. The lowest BCUT2D eigenvalue weighted by Gasteiger charge is -2.32. The predicted octanol–water partition coefficient (Wildman–Crippen LogP) is 2.30. The zero-order valence-electron chi connectivity index (χ0n) is 13.5. The number of nitrogens with one attached hydrogen (secondary N) is 1. The molecule has 0 aromatic carbocycles. The number of aromatic nitrogens is 2. The minimum Gasteiger partial charge on any atom is -0.364 e. The van der Waals surface area contributed by atoms with Crippen molar-refractivity contribution in [2.24, 2.45) is 5.73 Å². The standard InChI is InChI=1S/C17H22N4O2S/c18-17(23)15-10-14(19-20-15)12-4-2-8-21(11-12)16(22)7-1-5-13-6-3-9-24-13/h3,6,9-10,12H,1-2,4-5,7-8,11H2,(H2,18,23)(H,19,20)/t12-/m1/s1. The highest BCUT2D eigenvalue weighted by Gasteiger charge is 2.26. The Labute approximate surface area is 145 Å². The summed E-state index contributed by atoms with van der Waals surface area (Å²) < 4.78 is 0. The number of hydrogen-bond donors (Lipinski definition) is 2. The van der Waals surface area contributed by atoms with Crippen molar-refractivity contribution in [2.75, 3.05) is 13.1 Å². The van der Waals surface area contributed by atoms with Gasteiger partial charge in [0.05, 0.1) is 0 Å². The molecule has 6 nitrogen and oxygen atoms in total. The molecular formula is C17H22N4O2S. The van der Waals surface area contributed by atoms with Crippen LogP contribution < -0.4 is 5.73 Å². The van der Waals surface area contributed by atoms with Crippen LogP contribution in [-0.2, 0) is 11.2 Å². The number of nitrogens with zero attached hydrogens (tertiary/aromatic N) is 2.